The van der Waals surface area contributed by atoms with Crippen molar-refractivity contribution in [3.63, 3.8) is 0 Å². The quantitative estimate of drug-likeness (QED) is 0.905. The van der Waals surface area contributed by atoms with Gasteiger partial charge in [0.05, 0.1) is 5.69 Å². The first kappa shape index (κ1) is 11.6. The topological polar surface area (TPSA) is 55.1 Å². The molecule has 0 radical (unpaired) electrons. The minimum Gasteiger partial charge on any atom is -0.477 e. The molecule has 4 nitrogen and oxygen atoms in total. The highest BCUT2D eigenvalue weighted by molar-refractivity contribution is 7.12. The van der Waals surface area contributed by atoms with Crippen molar-refractivity contribution < 1.29 is 23.1 Å². The fourth-order valence-electron chi connectivity index (χ4n) is 1.18. The third-order valence-electron chi connectivity index (χ3n) is 1.94. The van der Waals surface area contributed by atoms with Crippen molar-refractivity contribution >= 4 is 17.3 Å². The molecule has 0 aromatic carbocycles. The summed E-state index contributed by atoms with van der Waals surface area (Å²) in [6, 6.07) is 2.10. The van der Waals surface area contributed by atoms with Gasteiger partial charge in [-0.15, -0.1) is 11.3 Å². The first-order valence-corrected chi connectivity index (χ1v) is 5.21. The smallest absolute Gasteiger partial charge is 0.435 e. The average molecular weight is 262 g/mol. The van der Waals surface area contributed by atoms with Gasteiger partial charge in [0.25, 0.3) is 0 Å². The summed E-state index contributed by atoms with van der Waals surface area (Å²) in [5.74, 6) is -1.12. The van der Waals surface area contributed by atoms with E-state index in [2.05, 4.69) is 5.10 Å². The Labute approximate surface area is 96.9 Å². The fourth-order valence-corrected chi connectivity index (χ4v) is 1.89. The number of thiophene rings is 1. The molecule has 2 rings (SSSR count). The summed E-state index contributed by atoms with van der Waals surface area (Å²) in [7, 11) is 0. The molecule has 0 amide bonds. The molecular formula is C9H5F3N2O2S. The highest BCUT2D eigenvalue weighted by atomic mass is 32.1. The third-order valence-corrected chi connectivity index (χ3v) is 2.85. The third kappa shape index (κ3) is 2.31. The van der Waals surface area contributed by atoms with Crippen LogP contribution in [0, 0.1) is 0 Å². The summed E-state index contributed by atoms with van der Waals surface area (Å²) >= 11 is 0.928. The van der Waals surface area contributed by atoms with Gasteiger partial charge in [0.1, 0.15) is 4.88 Å². The molecule has 0 atom stereocenters. The largest absolute Gasteiger partial charge is 0.477 e. The van der Waals surface area contributed by atoms with Gasteiger partial charge in [0, 0.05) is 11.6 Å². The molecule has 1 N–H and O–H groups in total. The number of alkyl halides is 3. The molecule has 0 spiro atoms. The maximum Gasteiger partial charge on any atom is 0.435 e. The summed E-state index contributed by atoms with van der Waals surface area (Å²) in [5, 5.41) is 13.4. The summed E-state index contributed by atoms with van der Waals surface area (Å²) < 4.78 is 37.8. The lowest BCUT2D eigenvalue weighted by atomic mass is 10.4. The Morgan fingerprint density at radius 2 is 2.18 bits per heavy atom. The van der Waals surface area contributed by atoms with Crippen LogP contribution in [0.15, 0.2) is 23.7 Å². The van der Waals surface area contributed by atoms with E-state index >= 15 is 0 Å². The Hall–Kier alpha value is -1.83. The number of nitrogens with zero attached hydrogens (tertiary/aromatic N) is 2. The van der Waals surface area contributed by atoms with Gasteiger partial charge in [-0.1, -0.05) is 0 Å². The zero-order chi connectivity index (χ0) is 12.6. The van der Waals surface area contributed by atoms with Crippen LogP contribution >= 0.6 is 11.3 Å². The molecule has 0 saturated heterocycles. The number of carboxylic acid groups (broad SMARTS) is 1. The number of hydrogen-bond acceptors (Lipinski definition) is 3. The number of rotatable bonds is 2. The van der Waals surface area contributed by atoms with Gasteiger partial charge in [0.2, 0.25) is 0 Å². The zero-order valence-corrected chi connectivity index (χ0v) is 8.92. The van der Waals surface area contributed by atoms with Gasteiger partial charge in [-0.05, 0) is 12.1 Å². The second-order valence-corrected chi connectivity index (χ2v) is 4.03. The Morgan fingerprint density at radius 3 is 2.65 bits per heavy atom. The molecule has 2 aromatic heterocycles. The van der Waals surface area contributed by atoms with Crippen molar-refractivity contribution in [2.45, 2.75) is 6.18 Å². The molecule has 8 heteroatoms. The standard InChI is InChI=1S/C9H5F3N2O2S/c10-9(11,12)7-1-2-14(13-7)5-3-6(8(15)16)17-4-5/h1-4H,(H,15,16). The van der Waals surface area contributed by atoms with E-state index in [-0.39, 0.29) is 4.88 Å². The minimum absolute atomic E-state index is 0.0454. The Morgan fingerprint density at radius 1 is 1.47 bits per heavy atom. The monoisotopic (exact) mass is 262 g/mol. The number of aromatic carboxylic acids is 1. The van der Waals surface area contributed by atoms with Crippen molar-refractivity contribution in [3.05, 3.63) is 34.3 Å². The number of carboxylic acids is 1. The number of halogens is 3. The van der Waals surface area contributed by atoms with E-state index in [1.165, 1.54) is 11.4 Å². The highest BCUT2D eigenvalue weighted by Crippen LogP contribution is 2.28. The second kappa shape index (κ2) is 3.88. The molecule has 0 aliphatic carbocycles. The zero-order valence-electron chi connectivity index (χ0n) is 8.10. The van der Waals surface area contributed by atoms with Gasteiger partial charge in [-0.3, -0.25) is 0 Å². The van der Waals surface area contributed by atoms with Crippen LogP contribution in [0.1, 0.15) is 15.4 Å². The van der Waals surface area contributed by atoms with Crippen molar-refractivity contribution in [2.24, 2.45) is 0 Å². The molecule has 0 aliphatic heterocycles. The lowest BCUT2D eigenvalue weighted by molar-refractivity contribution is -0.141. The minimum atomic E-state index is -4.50. The van der Waals surface area contributed by atoms with Crippen molar-refractivity contribution in [2.75, 3.05) is 0 Å². The molecule has 2 heterocycles. The van der Waals surface area contributed by atoms with Crippen molar-refractivity contribution in [1.29, 1.82) is 0 Å². The lowest BCUT2D eigenvalue weighted by Crippen LogP contribution is -2.06. The van der Waals surface area contributed by atoms with Crippen molar-refractivity contribution in [3.8, 4) is 5.69 Å². The van der Waals surface area contributed by atoms with E-state index in [1.807, 2.05) is 0 Å². The van der Waals surface area contributed by atoms with Crippen LogP contribution in [0.5, 0.6) is 0 Å². The first-order chi connectivity index (χ1) is 7.88. The van der Waals surface area contributed by atoms with E-state index in [0.717, 1.165) is 28.3 Å². The molecule has 17 heavy (non-hydrogen) atoms. The molecule has 0 bridgehead atoms. The Balaban J connectivity index is 2.34. The second-order valence-electron chi connectivity index (χ2n) is 3.12. The number of hydrogen-bond donors (Lipinski definition) is 1. The van der Waals surface area contributed by atoms with Crippen LogP contribution in [-0.2, 0) is 6.18 Å². The predicted octanol–water partition coefficient (Wildman–Crippen LogP) is 2.65. The summed E-state index contributed by atoms with van der Waals surface area (Å²) in [5.41, 5.74) is -0.719. The van der Waals surface area contributed by atoms with Gasteiger partial charge in [-0.2, -0.15) is 18.3 Å². The van der Waals surface area contributed by atoms with Gasteiger partial charge < -0.3 is 5.11 Å². The molecule has 0 saturated carbocycles. The van der Waals surface area contributed by atoms with E-state index in [4.69, 9.17) is 5.11 Å². The SMILES string of the molecule is O=C(O)c1cc(-n2ccc(C(F)(F)F)n2)cs1. The van der Waals surface area contributed by atoms with Crippen LogP contribution in [-0.4, -0.2) is 20.9 Å². The molecule has 0 fully saturated rings. The van der Waals surface area contributed by atoms with Crippen LogP contribution in [0.3, 0.4) is 0 Å². The average Bonchev–Trinajstić information content (AvgIpc) is 2.85. The van der Waals surface area contributed by atoms with Crippen LogP contribution in [0.2, 0.25) is 0 Å². The van der Waals surface area contributed by atoms with Crippen LogP contribution in [0.4, 0.5) is 13.2 Å². The highest BCUT2D eigenvalue weighted by Gasteiger charge is 2.33. The summed E-state index contributed by atoms with van der Waals surface area (Å²) in [4.78, 5) is 10.7. The molecule has 0 unspecified atom stereocenters. The van der Waals surface area contributed by atoms with Crippen molar-refractivity contribution in [1.82, 2.24) is 9.78 Å². The van der Waals surface area contributed by atoms with Gasteiger partial charge >= 0.3 is 12.1 Å². The first-order valence-electron chi connectivity index (χ1n) is 4.33. The number of aromatic nitrogens is 2. The molecule has 2 aromatic rings. The van der Waals surface area contributed by atoms with Crippen LogP contribution in [0.25, 0.3) is 5.69 Å². The summed E-state index contributed by atoms with van der Waals surface area (Å²) in [6.45, 7) is 0. The van der Waals surface area contributed by atoms with Gasteiger partial charge in [-0.25, -0.2) is 9.48 Å². The van der Waals surface area contributed by atoms with Gasteiger partial charge in [0.15, 0.2) is 5.69 Å². The van der Waals surface area contributed by atoms with E-state index in [1.54, 1.807) is 0 Å². The Bertz CT molecular complexity index is 559. The fraction of sp³-hybridized carbons (Fsp3) is 0.111. The molecular weight excluding hydrogens is 257 g/mol. The van der Waals surface area contributed by atoms with Crippen LogP contribution < -0.4 is 0 Å². The maximum atomic E-state index is 12.3. The lowest BCUT2D eigenvalue weighted by Gasteiger charge is -2.00. The predicted molar refractivity (Wildman–Crippen MR) is 53.4 cm³/mol. The normalized spacial score (nSPS) is 11.7. The Kier molecular flexibility index (Phi) is 2.66. The van der Waals surface area contributed by atoms with E-state index in [9.17, 15) is 18.0 Å². The van der Waals surface area contributed by atoms with E-state index in [0.29, 0.717) is 5.69 Å². The number of carbonyl (C=O) groups is 1. The molecule has 90 valence electrons. The van der Waals surface area contributed by atoms with E-state index < -0.39 is 17.8 Å². The summed E-state index contributed by atoms with van der Waals surface area (Å²) in [6.07, 6.45) is -3.37. The maximum absolute atomic E-state index is 12.3. The molecule has 0 aliphatic rings.